The zero-order valence-corrected chi connectivity index (χ0v) is 14.8. The number of unbranched alkanes of at least 4 members (excludes halogenated alkanes) is 8. The number of carboxylic acids is 1. The minimum Gasteiger partial charge on any atom is -0.481 e. The molecular weight excluding hydrogens is 272 g/mol. The molecule has 0 aliphatic heterocycles. The first-order valence-corrected chi connectivity index (χ1v) is 9.95. The van der Waals surface area contributed by atoms with E-state index >= 15 is 0 Å². The molecule has 0 bridgehead atoms. The lowest BCUT2D eigenvalue weighted by molar-refractivity contribution is -0.137. The molecule has 2 heteroatoms. The van der Waals surface area contributed by atoms with Crippen LogP contribution in [0.4, 0.5) is 0 Å². The number of carbonyl (C=O) groups is 1. The Balaban J connectivity index is 2.05. The van der Waals surface area contributed by atoms with Crippen LogP contribution in [0, 0.1) is 11.8 Å². The molecule has 0 aromatic heterocycles. The van der Waals surface area contributed by atoms with E-state index in [2.05, 4.69) is 6.92 Å². The van der Waals surface area contributed by atoms with Crippen LogP contribution in [0.2, 0.25) is 0 Å². The predicted octanol–water partition coefficient (Wildman–Crippen LogP) is 6.58. The van der Waals surface area contributed by atoms with Gasteiger partial charge in [0.15, 0.2) is 0 Å². The quantitative estimate of drug-likeness (QED) is 0.368. The fraction of sp³-hybridized carbons (Fsp3) is 0.950. The highest BCUT2D eigenvalue weighted by molar-refractivity contribution is 5.66. The highest BCUT2D eigenvalue weighted by Gasteiger charge is 2.24. The lowest BCUT2D eigenvalue weighted by atomic mass is 9.83. The second-order valence-electron chi connectivity index (χ2n) is 7.35. The highest BCUT2D eigenvalue weighted by Crippen LogP contribution is 2.36. The molecule has 1 atom stereocenters. The Kier molecular flexibility index (Phi) is 11.5. The molecule has 1 aliphatic rings. The van der Waals surface area contributed by atoms with Crippen LogP contribution in [0.3, 0.4) is 0 Å². The first kappa shape index (κ1) is 19.5. The molecule has 2 nitrogen and oxygen atoms in total. The second-order valence-corrected chi connectivity index (χ2v) is 7.35. The fourth-order valence-corrected chi connectivity index (χ4v) is 4.07. The Morgan fingerprint density at radius 3 is 2.00 bits per heavy atom. The summed E-state index contributed by atoms with van der Waals surface area (Å²) in [5, 5.41) is 8.94. The van der Waals surface area contributed by atoms with Gasteiger partial charge in [-0.3, -0.25) is 4.79 Å². The van der Waals surface area contributed by atoms with Crippen molar-refractivity contribution in [3.05, 3.63) is 0 Å². The summed E-state index contributed by atoms with van der Waals surface area (Å²) in [7, 11) is 0. The van der Waals surface area contributed by atoms with Crippen LogP contribution in [-0.2, 0) is 4.79 Å². The van der Waals surface area contributed by atoms with Crippen molar-refractivity contribution in [2.75, 3.05) is 0 Å². The van der Waals surface area contributed by atoms with Crippen LogP contribution in [0.15, 0.2) is 0 Å². The number of hydrogen-bond acceptors (Lipinski definition) is 1. The molecule has 22 heavy (non-hydrogen) atoms. The molecule has 130 valence electrons. The Morgan fingerprint density at radius 1 is 0.909 bits per heavy atom. The van der Waals surface area contributed by atoms with Gasteiger partial charge in [0.1, 0.15) is 0 Å². The first-order chi connectivity index (χ1) is 10.7. The third-order valence-electron chi connectivity index (χ3n) is 5.47. The van der Waals surface area contributed by atoms with Crippen LogP contribution < -0.4 is 0 Å². The van der Waals surface area contributed by atoms with E-state index in [1.165, 1.54) is 89.9 Å². The molecule has 1 rings (SSSR count). The van der Waals surface area contributed by atoms with Crippen molar-refractivity contribution in [3.8, 4) is 0 Å². The summed E-state index contributed by atoms with van der Waals surface area (Å²) in [6, 6.07) is 0. The van der Waals surface area contributed by atoms with Gasteiger partial charge >= 0.3 is 5.97 Å². The Hall–Kier alpha value is -0.530. The Morgan fingerprint density at radius 2 is 1.45 bits per heavy atom. The molecule has 1 saturated carbocycles. The van der Waals surface area contributed by atoms with E-state index in [9.17, 15) is 4.79 Å². The average Bonchev–Trinajstić information content (AvgIpc) is 3.02. The smallest absolute Gasteiger partial charge is 0.303 e. The van der Waals surface area contributed by atoms with Crippen molar-refractivity contribution < 1.29 is 9.90 Å². The topological polar surface area (TPSA) is 37.3 Å². The molecule has 1 unspecified atom stereocenters. The lowest BCUT2D eigenvalue weighted by Gasteiger charge is -2.22. The van der Waals surface area contributed by atoms with E-state index < -0.39 is 5.97 Å². The van der Waals surface area contributed by atoms with Crippen molar-refractivity contribution in [2.24, 2.45) is 11.8 Å². The van der Waals surface area contributed by atoms with Gasteiger partial charge in [-0.15, -0.1) is 0 Å². The van der Waals surface area contributed by atoms with Crippen LogP contribution in [0.25, 0.3) is 0 Å². The SMILES string of the molecule is CCCCCCCCCCCC(CCC(=O)O)C1CCCC1. The molecule has 0 radical (unpaired) electrons. The van der Waals surface area contributed by atoms with Gasteiger partial charge in [-0.1, -0.05) is 96.8 Å². The molecule has 1 fully saturated rings. The maximum atomic E-state index is 10.8. The monoisotopic (exact) mass is 310 g/mol. The van der Waals surface area contributed by atoms with Crippen LogP contribution in [-0.4, -0.2) is 11.1 Å². The summed E-state index contributed by atoms with van der Waals surface area (Å²) in [6.45, 7) is 2.27. The number of carboxylic acid groups (broad SMARTS) is 1. The summed E-state index contributed by atoms with van der Waals surface area (Å²) in [4.78, 5) is 10.8. The molecule has 0 amide bonds. The van der Waals surface area contributed by atoms with E-state index in [1.54, 1.807) is 0 Å². The van der Waals surface area contributed by atoms with Gasteiger partial charge in [-0.2, -0.15) is 0 Å². The molecule has 1 N–H and O–H groups in total. The van der Waals surface area contributed by atoms with Crippen molar-refractivity contribution in [1.29, 1.82) is 0 Å². The number of aliphatic carboxylic acids is 1. The summed E-state index contributed by atoms with van der Waals surface area (Å²) in [5.41, 5.74) is 0. The van der Waals surface area contributed by atoms with Crippen molar-refractivity contribution in [1.82, 2.24) is 0 Å². The van der Waals surface area contributed by atoms with Gasteiger partial charge in [-0.05, 0) is 18.3 Å². The van der Waals surface area contributed by atoms with E-state index in [-0.39, 0.29) is 0 Å². The molecule has 1 aliphatic carbocycles. The molecular formula is C20H38O2. The zero-order chi connectivity index (χ0) is 16.0. The highest BCUT2D eigenvalue weighted by atomic mass is 16.4. The summed E-state index contributed by atoms with van der Waals surface area (Å²) in [6.07, 6.45) is 20.4. The van der Waals surface area contributed by atoms with Gasteiger partial charge in [0, 0.05) is 6.42 Å². The largest absolute Gasteiger partial charge is 0.481 e. The van der Waals surface area contributed by atoms with E-state index in [1.807, 2.05) is 0 Å². The third-order valence-corrected chi connectivity index (χ3v) is 5.47. The number of rotatable bonds is 14. The third kappa shape index (κ3) is 9.48. The van der Waals surface area contributed by atoms with Gasteiger partial charge in [0.05, 0.1) is 0 Å². The van der Waals surface area contributed by atoms with Crippen LogP contribution in [0.1, 0.15) is 110 Å². The lowest BCUT2D eigenvalue weighted by Crippen LogP contribution is -2.13. The van der Waals surface area contributed by atoms with E-state index in [0.29, 0.717) is 12.3 Å². The second kappa shape index (κ2) is 13.0. The first-order valence-electron chi connectivity index (χ1n) is 9.95. The van der Waals surface area contributed by atoms with E-state index in [0.717, 1.165) is 12.3 Å². The molecule has 0 spiro atoms. The fourth-order valence-electron chi connectivity index (χ4n) is 4.07. The van der Waals surface area contributed by atoms with Crippen molar-refractivity contribution in [3.63, 3.8) is 0 Å². The predicted molar refractivity (Wildman–Crippen MR) is 94.2 cm³/mol. The maximum Gasteiger partial charge on any atom is 0.303 e. The van der Waals surface area contributed by atoms with Gasteiger partial charge in [-0.25, -0.2) is 0 Å². The summed E-state index contributed by atoms with van der Waals surface area (Å²) in [5.74, 6) is 0.895. The zero-order valence-electron chi connectivity index (χ0n) is 14.8. The molecule has 0 heterocycles. The van der Waals surface area contributed by atoms with Crippen molar-refractivity contribution in [2.45, 2.75) is 110 Å². The number of hydrogen-bond donors (Lipinski definition) is 1. The summed E-state index contributed by atoms with van der Waals surface area (Å²) < 4.78 is 0. The minimum absolute atomic E-state index is 0.374. The van der Waals surface area contributed by atoms with Crippen molar-refractivity contribution >= 4 is 5.97 Å². The van der Waals surface area contributed by atoms with Gasteiger partial charge in [0.2, 0.25) is 0 Å². The average molecular weight is 311 g/mol. The Bertz CT molecular complexity index is 269. The summed E-state index contributed by atoms with van der Waals surface area (Å²) >= 11 is 0. The van der Waals surface area contributed by atoms with E-state index in [4.69, 9.17) is 5.11 Å². The molecule has 0 saturated heterocycles. The van der Waals surface area contributed by atoms with Gasteiger partial charge < -0.3 is 5.11 Å². The van der Waals surface area contributed by atoms with Crippen LogP contribution in [0.5, 0.6) is 0 Å². The van der Waals surface area contributed by atoms with Gasteiger partial charge in [0.25, 0.3) is 0 Å². The molecule has 0 aromatic carbocycles. The van der Waals surface area contributed by atoms with Crippen LogP contribution >= 0.6 is 0 Å². The minimum atomic E-state index is -0.616. The normalized spacial score (nSPS) is 17.0. The standard InChI is InChI=1S/C20H38O2/c1-2-3-4-5-6-7-8-9-10-13-19(16-17-20(21)22)18-14-11-12-15-18/h18-19H,2-17H2,1H3,(H,21,22). The maximum absolute atomic E-state index is 10.8. The Labute approximate surface area is 138 Å². The molecule has 0 aromatic rings.